The zero-order valence-corrected chi connectivity index (χ0v) is 19.9. The smallest absolute Gasteiger partial charge is 0.471 e. The molecule has 0 fully saturated rings. The van der Waals surface area contributed by atoms with Gasteiger partial charge in [0.1, 0.15) is 18.1 Å². The van der Waals surface area contributed by atoms with Crippen LogP contribution in [0.1, 0.15) is 29.5 Å². The highest BCUT2D eigenvalue weighted by Gasteiger charge is 2.48. The van der Waals surface area contributed by atoms with Crippen LogP contribution in [-0.2, 0) is 14.3 Å². The Bertz CT molecular complexity index is 1380. The maximum Gasteiger partial charge on any atom is 0.471 e. The van der Waals surface area contributed by atoms with Gasteiger partial charge >= 0.3 is 18.1 Å². The minimum Gasteiger partial charge on any atom is -0.493 e. The number of esters is 1. The standard InChI is InChI=1S/C26H21F4N3O5/c1-36-23(34)9-14-12-37-21-10-16(6-7-17(14)21)33(25(35)26(28,29)30)20-13-38-24-18(20)3-2-4-19(24)32-15-5-8-22(27)31-11-15/h2-8,10-11,14,20,32H,9,12-13H2,1H3/t14-,20-/m1/s1. The molecule has 1 aromatic heterocycles. The third kappa shape index (κ3) is 4.81. The molecule has 3 aromatic rings. The van der Waals surface area contributed by atoms with Crippen molar-refractivity contribution in [3.8, 4) is 11.5 Å². The molecule has 0 saturated carbocycles. The Morgan fingerprint density at radius 2 is 1.92 bits per heavy atom. The Hall–Kier alpha value is -4.35. The van der Waals surface area contributed by atoms with Crippen LogP contribution in [0.15, 0.2) is 54.7 Å². The summed E-state index contributed by atoms with van der Waals surface area (Å²) in [6.45, 7) is -0.0792. The van der Waals surface area contributed by atoms with Crippen LogP contribution in [-0.4, -0.2) is 43.4 Å². The third-order valence-electron chi connectivity index (χ3n) is 6.37. The molecule has 5 rings (SSSR count). The SMILES string of the molecule is COC(=O)C[C@@H]1COc2cc(N(C(=O)C(F)(F)F)[C@@H]3COc4c(Nc5ccc(F)nc5)cccc43)ccc21. The fourth-order valence-corrected chi connectivity index (χ4v) is 4.59. The molecular weight excluding hydrogens is 510 g/mol. The molecule has 0 aliphatic carbocycles. The molecule has 0 saturated heterocycles. The number of alkyl halides is 3. The van der Waals surface area contributed by atoms with Crippen LogP contribution in [0.3, 0.4) is 0 Å². The number of benzene rings is 2. The Balaban J connectivity index is 1.49. The van der Waals surface area contributed by atoms with Gasteiger partial charge in [-0.25, -0.2) is 4.98 Å². The molecule has 198 valence electrons. The Labute approximate surface area is 214 Å². The normalized spacial score (nSPS) is 17.6. The van der Waals surface area contributed by atoms with Gasteiger partial charge in [0.2, 0.25) is 5.95 Å². The van der Waals surface area contributed by atoms with Crippen LogP contribution in [0.5, 0.6) is 11.5 Å². The van der Waals surface area contributed by atoms with Gasteiger partial charge in [-0.2, -0.15) is 17.6 Å². The van der Waals surface area contributed by atoms with Crippen molar-refractivity contribution in [2.24, 2.45) is 0 Å². The molecule has 12 heteroatoms. The van der Waals surface area contributed by atoms with E-state index in [-0.39, 0.29) is 42.7 Å². The molecule has 1 N–H and O–H groups in total. The van der Waals surface area contributed by atoms with E-state index in [1.807, 2.05) is 0 Å². The minimum absolute atomic E-state index is 0.0349. The summed E-state index contributed by atoms with van der Waals surface area (Å²) in [6.07, 6.45) is -3.85. The molecule has 8 nitrogen and oxygen atoms in total. The summed E-state index contributed by atoms with van der Waals surface area (Å²) in [6, 6.07) is 10.6. The van der Waals surface area contributed by atoms with Gasteiger partial charge in [-0.3, -0.25) is 14.5 Å². The number of rotatable bonds is 6. The van der Waals surface area contributed by atoms with Crippen LogP contribution in [0.2, 0.25) is 0 Å². The van der Waals surface area contributed by atoms with Crippen LogP contribution in [0.4, 0.5) is 34.6 Å². The van der Waals surface area contributed by atoms with Crippen molar-refractivity contribution in [1.82, 2.24) is 4.98 Å². The van der Waals surface area contributed by atoms with Crippen LogP contribution in [0.25, 0.3) is 0 Å². The van der Waals surface area contributed by atoms with Crippen LogP contribution in [0, 0.1) is 5.95 Å². The van der Waals surface area contributed by atoms with Crippen molar-refractivity contribution in [2.75, 3.05) is 30.5 Å². The van der Waals surface area contributed by atoms with Gasteiger partial charge in [0, 0.05) is 28.8 Å². The average Bonchev–Trinajstić information content (AvgIpc) is 3.50. The summed E-state index contributed by atoms with van der Waals surface area (Å²) in [7, 11) is 1.27. The van der Waals surface area contributed by atoms with Crippen molar-refractivity contribution in [2.45, 2.75) is 24.6 Å². The van der Waals surface area contributed by atoms with E-state index in [1.54, 1.807) is 24.3 Å². The topological polar surface area (TPSA) is 90.0 Å². The van der Waals surface area contributed by atoms with E-state index in [9.17, 15) is 27.2 Å². The highest BCUT2D eigenvalue weighted by molar-refractivity contribution is 5.98. The number of nitrogens with zero attached hydrogens (tertiary/aromatic N) is 2. The molecule has 0 radical (unpaired) electrons. The molecule has 3 heterocycles. The number of anilines is 3. The number of amides is 1. The summed E-state index contributed by atoms with van der Waals surface area (Å²) in [4.78, 5) is 28.6. The van der Waals surface area contributed by atoms with Crippen LogP contribution < -0.4 is 19.7 Å². The van der Waals surface area contributed by atoms with Crippen LogP contribution >= 0.6 is 0 Å². The predicted octanol–water partition coefficient (Wildman–Crippen LogP) is 5.03. The lowest BCUT2D eigenvalue weighted by molar-refractivity contribution is -0.171. The molecule has 1 amide bonds. The van der Waals surface area contributed by atoms with E-state index in [4.69, 9.17) is 14.2 Å². The number of fused-ring (bicyclic) bond motifs is 2. The zero-order valence-electron chi connectivity index (χ0n) is 19.9. The Morgan fingerprint density at radius 3 is 2.63 bits per heavy atom. The van der Waals surface area contributed by atoms with E-state index < -0.39 is 30.0 Å². The molecule has 0 bridgehead atoms. The number of carbonyl (C=O) groups is 2. The highest BCUT2D eigenvalue weighted by Crippen LogP contribution is 2.46. The summed E-state index contributed by atoms with van der Waals surface area (Å²) in [5.74, 6) is -2.94. The van der Waals surface area contributed by atoms with Gasteiger partial charge in [-0.15, -0.1) is 0 Å². The quantitative estimate of drug-likeness (QED) is 0.271. The first-order valence-corrected chi connectivity index (χ1v) is 11.5. The first-order chi connectivity index (χ1) is 18.2. The molecule has 2 atom stereocenters. The van der Waals surface area contributed by atoms with Gasteiger partial charge in [0.05, 0.1) is 43.8 Å². The number of carbonyl (C=O) groups excluding carboxylic acids is 2. The number of halogens is 4. The lowest BCUT2D eigenvalue weighted by Crippen LogP contribution is -2.44. The molecule has 0 unspecified atom stereocenters. The number of methoxy groups -OCH3 is 1. The second-order valence-electron chi connectivity index (χ2n) is 8.73. The first-order valence-electron chi connectivity index (χ1n) is 11.5. The molecule has 2 aromatic carbocycles. The first kappa shape index (κ1) is 25.3. The molecular formula is C26H21F4N3O5. The number of para-hydroxylation sites is 1. The number of nitrogens with one attached hydrogen (secondary N) is 1. The van der Waals surface area contributed by atoms with Crippen molar-refractivity contribution < 1.29 is 41.4 Å². The number of hydrogen-bond acceptors (Lipinski definition) is 7. The third-order valence-corrected chi connectivity index (χ3v) is 6.37. The Morgan fingerprint density at radius 1 is 1.11 bits per heavy atom. The summed E-state index contributed by atoms with van der Waals surface area (Å²) in [5.41, 5.74) is 1.81. The number of pyridine rings is 1. The monoisotopic (exact) mass is 531 g/mol. The largest absolute Gasteiger partial charge is 0.493 e. The van der Waals surface area contributed by atoms with E-state index in [0.717, 1.165) is 6.07 Å². The fourth-order valence-electron chi connectivity index (χ4n) is 4.59. The second kappa shape index (κ2) is 9.84. The van der Waals surface area contributed by atoms with Crippen molar-refractivity contribution in [3.05, 3.63) is 71.8 Å². The summed E-state index contributed by atoms with van der Waals surface area (Å²) < 4.78 is 70.6. The van der Waals surface area contributed by atoms with Gasteiger partial charge in [-0.05, 0) is 24.3 Å². The maximum atomic E-state index is 13.8. The van der Waals surface area contributed by atoms with E-state index in [1.165, 1.54) is 31.5 Å². The molecule has 2 aliphatic heterocycles. The van der Waals surface area contributed by atoms with Gasteiger partial charge in [-0.1, -0.05) is 18.2 Å². The van der Waals surface area contributed by atoms with E-state index in [0.29, 0.717) is 27.4 Å². The number of ether oxygens (including phenoxy) is 3. The maximum absolute atomic E-state index is 13.8. The van der Waals surface area contributed by atoms with Crippen molar-refractivity contribution >= 4 is 28.9 Å². The zero-order chi connectivity index (χ0) is 27.0. The van der Waals surface area contributed by atoms with E-state index in [2.05, 4.69) is 10.3 Å². The summed E-state index contributed by atoms with van der Waals surface area (Å²) >= 11 is 0. The number of hydrogen-bond donors (Lipinski definition) is 1. The molecule has 2 aliphatic rings. The Kier molecular flexibility index (Phi) is 6.55. The van der Waals surface area contributed by atoms with E-state index >= 15 is 0 Å². The fraction of sp³-hybridized carbons (Fsp3) is 0.269. The second-order valence-corrected chi connectivity index (χ2v) is 8.73. The summed E-state index contributed by atoms with van der Waals surface area (Å²) in [5, 5.41) is 3.01. The minimum atomic E-state index is -5.16. The molecule has 0 spiro atoms. The molecule has 38 heavy (non-hydrogen) atoms. The van der Waals surface area contributed by atoms with Crippen molar-refractivity contribution in [3.63, 3.8) is 0 Å². The lowest BCUT2D eigenvalue weighted by atomic mass is 9.97. The number of aromatic nitrogens is 1. The predicted molar refractivity (Wildman–Crippen MR) is 127 cm³/mol. The van der Waals surface area contributed by atoms with Gasteiger partial charge in [0.15, 0.2) is 0 Å². The highest BCUT2D eigenvalue weighted by atomic mass is 19.4. The lowest BCUT2D eigenvalue weighted by Gasteiger charge is -2.29. The average molecular weight is 531 g/mol. The van der Waals surface area contributed by atoms with Gasteiger partial charge in [0.25, 0.3) is 0 Å². The van der Waals surface area contributed by atoms with Crippen molar-refractivity contribution in [1.29, 1.82) is 0 Å². The van der Waals surface area contributed by atoms with Gasteiger partial charge < -0.3 is 19.5 Å².